The Morgan fingerprint density at radius 2 is 1.86 bits per heavy atom. The molecule has 204 valence electrons. The van der Waals surface area contributed by atoms with Gasteiger partial charge in [-0.05, 0) is 50.8 Å². The van der Waals surface area contributed by atoms with E-state index in [9.17, 15) is 19.2 Å². The van der Waals surface area contributed by atoms with Gasteiger partial charge in [0.1, 0.15) is 6.04 Å². The summed E-state index contributed by atoms with van der Waals surface area (Å²) in [6.45, 7) is 8.07. The average molecular weight is 514 g/mol. The van der Waals surface area contributed by atoms with Crippen molar-refractivity contribution in [3.63, 3.8) is 0 Å². The largest absolute Gasteiger partial charge is 0.380 e. The van der Waals surface area contributed by atoms with Gasteiger partial charge in [0.15, 0.2) is 5.78 Å². The van der Waals surface area contributed by atoms with E-state index in [1.165, 1.54) is 0 Å². The van der Waals surface area contributed by atoms with Crippen LogP contribution in [0.1, 0.15) is 76.8 Å². The number of benzene rings is 1. The highest BCUT2D eigenvalue weighted by atomic mass is 16.5. The van der Waals surface area contributed by atoms with E-state index in [0.29, 0.717) is 25.8 Å². The number of nitrogens with one attached hydrogen (secondary N) is 1. The van der Waals surface area contributed by atoms with E-state index in [2.05, 4.69) is 5.32 Å². The van der Waals surface area contributed by atoms with Gasteiger partial charge < -0.3 is 20.7 Å². The summed E-state index contributed by atoms with van der Waals surface area (Å²) in [6, 6.07) is 7.03. The first-order valence-corrected chi connectivity index (χ1v) is 13.3. The van der Waals surface area contributed by atoms with Gasteiger partial charge in [0.25, 0.3) is 0 Å². The van der Waals surface area contributed by atoms with Gasteiger partial charge in [0.2, 0.25) is 17.7 Å². The summed E-state index contributed by atoms with van der Waals surface area (Å²) in [6.07, 6.45) is 4.73. The molecule has 0 radical (unpaired) electrons. The molecule has 3 N–H and O–H groups in total. The zero-order valence-corrected chi connectivity index (χ0v) is 22.9. The SMILES string of the molecule is CCCCC(CC(=O)/C=C(\C)c1ccc(C)cc1)C(=O)N1C[C@H](OC)C[C@H]1C(=O)N[C@H](C)CCC(N)=O. The fraction of sp³-hybridized carbons (Fsp3) is 0.586. The number of ether oxygens (including phenoxy) is 1. The van der Waals surface area contributed by atoms with E-state index in [0.717, 1.165) is 29.5 Å². The lowest BCUT2D eigenvalue weighted by molar-refractivity contribution is -0.143. The van der Waals surface area contributed by atoms with Crippen molar-refractivity contribution in [2.75, 3.05) is 13.7 Å². The zero-order valence-electron chi connectivity index (χ0n) is 22.9. The van der Waals surface area contributed by atoms with Crippen LogP contribution in [0.5, 0.6) is 0 Å². The second kappa shape index (κ2) is 14.7. The van der Waals surface area contributed by atoms with Gasteiger partial charge in [-0.15, -0.1) is 0 Å². The number of methoxy groups -OCH3 is 1. The van der Waals surface area contributed by atoms with Crippen LogP contribution < -0.4 is 11.1 Å². The molecule has 1 aromatic rings. The third-order valence-electron chi connectivity index (χ3n) is 6.98. The number of aryl methyl sites for hydroxylation is 1. The van der Waals surface area contributed by atoms with E-state index in [-0.39, 0.29) is 42.6 Å². The average Bonchev–Trinajstić information content (AvgIpc) is 3.30. The molecular formula is C29H43N3O5. The van der Waals surface area contributed by atoms with Crippen molar-refractivity contribution in [2.24, 2.45) is 11.7 Å². The van der Waals surface area contributed by atoms with Gasteiger partial charge in [-0.2, -0.15) is 0 Å². The van der Waals surface area contributed by atoms with E-state index >= 15 is 0 Å². The van der Waals surface area contributed by atoms with Crippen molar-refractivity contribution in [1.29, 1.82) is 0 Å². The molecule has 1 aromatic carbocycles. The zero-order chi connectivity index (χ0) is 27.5. The van der Waals surface area contributed by atoms with Gasteiger partial charge in [-0.25, -0.2) is 0 Å². The molecule has 0 aliphatic carbocycles. The summed E-state index contributed by atoms with van der Waals surface area (Å²) in [5.41, 5.74) is 8.20. The van der Waals surface area contributed by atoms with E-state index in [1.807, 2.05) is 45.0 Å². The summed E-state index contributed by atoms with van der Waals surface area (Å²) in [7, 11) is 1.57. The Kier molecular flexibility index (Phi) is 12.0. The second-order valence-corrected chi connectivity index (χ2v) is 10.2. The van der Waals surface area contributed by atoms with Crippen LogP contribution in [0.3, 0.4) is 0 Å². The number of allylic oxidation sites excluding steroid dienone is 2. The topological polar surface area (TPSA) is 119 Å². The van der Waals surface area contributed by atoms with Crippen LogP contribution in [0.15, 0.2) is 30.3 Å². The maximum absolute atomic E-state index is 13.7. The van der Waals surface area contributed by atoms with Gasteiger partial charge in [-0.3, -0.25) is 19.2 Å². The smallest absolute Gasteiger partial charge is 0.243 e. The first-order chi connectivity index (χ1) is 17.5. The number of nitrogens with zero attached hydrogens (tertiary/aromatic N) is 1. The number of ketones is 1. The normalized spacial score (nSPS) is 19.4. The van der Waals surface area contributed by atoms with Gasteiger partial charge in [0.05, 0.1) is 6.10 Å². The van der Waals surface area contributed by atoms with Crippen molar-refractivity contribution < 1.29 is 23.9 Å². The molecule has 0 aromatic heterocycles. The predicted molar refractivity (Wildman–Crippen MR) is 144 cm³/mol. The highest BCUT2D eigenvalue weighted by Gasteiger charge is 2.42. The van der Waals surface area contributed by atoms with Crippen molar-refractivity contribution in [2.45, 2.75) is 90.8 Å². The fourth-order valence-electron chi connectivity index (χ4n) is 4.67. The Hall–Kier alpha value is -3.00. The summed E-state index contributed by atoms with van der Waals surface area (Å²) >= 11 is 0. The molecular weight excluding hydrogens is 470 g/mol. The highest BCUT2D eigenvalue weighted by molar-refractivity contribution is 5.99. The standard InChI is InChI=1S/C29H43N3O5/c1-6-7-8-23(16-24(33)15-20(3)22-12-9-19(2)10-13-22)29(36)32-18-25(37-5)17-26(32)28(35)31-21(4)11-14-27(30)34/h9-10,12-13,15,21,23,25-26H,6-8,11,14,16-18H2,1-5H3,(H2,30,34)(H,31,35)/b20-15+/t21-,23?,25-,26+/m1/s1. The molecule has 37 heavy (non-hydrogen) atoms. The van der Waals surface area contributed by atoms with Crippen molar-refractivity contribution in [3.8, 4) is 0 Å². The van der Waals surface area contributed by atoms with Crippen LogP contribution in [-0.4, -0.2) is 60.2 Å². The van der Waals surface area contributed by atoms with Crippen LogP contribution in [0.25, 0.3) is 5.57 Å². The molecule has 2 rings (SSSR count). The van der Waals surface area contributed by atoms with E-state index in [1.54, 1.807) is 25.0 Å². The number of carbonyl (C=O) groups excluding carboxylic acids is 4. The molecule has 0 bridgehead atoms. The third-order valence-corrected chi connectivity index (χ3v) is 6.98. The molecule has 1 fully saturated rings. The maximum atomic E-state index is 13.7. The molecule has 1 heterocycles. The number of rotatable bonds is 14. The minimum Gasteiger partial charge on any atom is -0.380 e. The Labute approximate surface area is 221 Å². The summed E-state index contributed by atoms with van der Waals surface area (Å²) in [5, 5.41) is 2.91. The summed E-state index contributed by atoms with van der Waals surface area (Å²) < 4.78 is 5.50. The molecule has 0 spiro atoms. The van der Waals surface area contributed by atoms with Crippen LogP contribution >= 0.6 is 0 Å². The highest BCUT2D eigenvalue weighted by Crippen LogP contribution is 2.27. The van der Waals surface area contributed by atoms with Gasteiger partial charge in [-0.1, -0.05) is 49.6 Å². The van der Waals surface area contributed by atoms with Crippen LogP contribution in [0.2, 0.25) is 0 Å². The number of primary amides is 1. The summed E-state index contributed by atoms with van der Waals surface area (Å²) in [4.78, 5) is 52.5. The Morgan fingerprint density at radius 3 is 2.46 bits per heavy atom. The van der Waals surface area contributed by atoms with Crippen molar-refractivity contribution >= 4 is 29.1 Å². The molecule has 1 saturated heterocycles. The van der Waals surface area contributed by atoms with Gasteiger partial charge >= 0.3 is 0 Å². The molecule has 1 aliphatic heterocycles. The number of unbranched alkanes of at least 4 members (excludes halogenated alkanes) is 1. The van der Waals surface area contributed by atoms with Crippen LogP contribution in [-0.2, 0) is 23.9 Å². The molecule has 1 aliphatic rings. The number of nitrogens with two attached hydrogens (primary N) is 1. The number of hydrogen-bond acceptors (Lipinski definition) is 5. The second-order valence-electron chi connectivity index (χ2n) is 10.2. The number of hydrogen-bond donors (Lipinski definition) is 2. The molecule has 8 heteroatoms. The first kappa shape index (κ1) is 30.2. The minimum atomic E-state index is -0.683. The molecule has 8 nitrogen and oxygen atoms in total. The lowest BCUT2D eigenvalue weighted by atomic mass is 9.93. The predicted octanol–water partition coefficient (Wildman–Crippen LogP) is 3.55. The van der Waals surface area contributed by atoms with Crippen LogP contribution in [0, 0.1) is 12.8 Å². The van der Waals surface area contributed by atoms with Gasteiger partial charge in [0, 0.05) is 44.9 Å². The third kappa shape index (κ3) is 9.43. The fourth-order valence-corrected chi connectivity index (χ4v) is 4.67. The number of likely N-dealkylation sites (tertiary alicyclic amines) is 1. The van der Waals surface area contributed by atoms with E-state index in [4.69, 9.17) is 10.5 Å². The van der Waals surface area contributed by atoms with Crippen molar-refractivity contribution in [3.05, 3.63) is 41.5 Å². The van der Waals surface area contributed by atoms with Crippen LogP contribution in [0.4, 0.5) is 0 Å². The monoisotopic (exact) mass is 513 g/mol. The number of amides is 3. The maximum Gasteiger partial charge on any atom is 0.243 e. The minimum absolute atomic E-state index is 0.0968. The Morgan fingerprint density at radius 1 is 1.19 bits per heavy atom. The lowest BCUT2D eigenvalue weighted by Gasteiger charge is -2.28. The molecule has 1 unspecified atom stereocenters. The molecule has 0 saturated carbocycles. The number of carbonyl (C=O) groups is 4. The first-order valence-electron chi connectivity index (χ1n) is 13.3. The molecule has 3 amide bonds. The van der Waals surface area contributed by atoms with Crippen molar-refractivity contribution in [1.82, 2.24) is 10.2 Å². The lowest BCUT2D eigenvalue weighted by Crippen LogP contribution is -2.50. The summed E-state index contributed by atoms with van der Waals surface area (Å²) in [5.74, 6) is -1.50. The Bertz CT molecular complexity index is 972. The van der Waals surface area contributed by atoms with E-state index < -0.39 is 17.9 Å². The molecule has 4 atom stereocenters. The quantitative estimate of drug-likeness (QED) is 0.369. The Balaban J connectivity index is 2.16.